The van der Waals surface area contributed by atoms with E-state index >= 15 is 0 Å². The highest BCUT2D eigenvalue weighted by Gasteiger charge is 2.21. The monoisotopic (exact) mass is 282 g/mol. The molecule has 2 aromatic carbocycles. The van der Waals surface area contributed by atoms with Crippen LogP contribution in [0.15, 0.2) is 36.4 Å². The van der Waals surface area contributed by atoms with E-state index in [0.29, 0.717) is 10.4 Å². The van der Waals surface area contributed by atoms with E-state index in [1.807, 2.05) is 6.07 Å². The molecular formula is C14H12ClFO3. The molecule has 0 N–H and O–H groups in total. The Morgan fingerprint density at radius 2 is 1.95 bits per heavy atom. The fourth-order valence-corrected chi connectivity index (χ4v) is 1.93. The Bertz CT molecular complexity index is 600. The zero-order chi connectivity index (χ0) is 13.8. The summed E-state index contributed by atoms with van der Waals surface area (Å²) >= 11 is 6.04. The molecule has 100 valence electrons. The second-order valence-corrected chi connectivity index (χ2v) is 4.18. The maximum absolute atomic E-state index is 13.6. The lowest BCUT2D eigenvalue weighted by atomic mass is 10.1. The van der Waals surface area contributed by atoms with Gasteiger partial charge < -0.3 is 9.47 Å². The fourth-order valence-electron chi connectivity index (χ4n) is 1.70. The van der Waals surface area contributed by atoms with Crippen molar-refractivity contribution in [1.29, 1.82) is 0 Å². The highest BCUT2D eigenvalue weighted by molar-refractivity contribution is 6.35. The molecular weight excluding hydrogens is 271 g/mol. The van der Waals surface area contributed by atoms with Crippen molar-refractivity contribution in [1.82, 2.24) is 0 Å². The van der Waals surface area contributed by atoms with Crippen LogP contribution in [0.1, 0.15) is 6.92 Å². The van der Waals surface area contributed by atoms with Crippen molar-refractivity contribution in [2.45, 2.75) is 13.3 Å². The summed E-state index contributed by atoms with van der Waals surface area (Å²) in [5, 5.41) is 1.91. The number of carbonyl (C=O) groups is 1. The van der Waals surface area contributed by atoms with E-state index in [4.69, 9.17) is 16.3 Å². The third-order valence-electron chi connectivity index (χ3n) is 2.53. The molecule has 1 unspecified atom stereocenters. The molecule has 0 saturated carbocycles. The Balaban J connectivity index is 2.31. The van der Waals surface area contributed by atoms with Gasteiger partial charge >= 0.3 is 12.3 Å². The van der Waals surface area contributed by atoms with Crippen LogP contribution in [-0.4, -0.2) is 18.9 Å². The zero-order valence-electron chi connectivity index (χ0n) is 10.2. The smallest absolute Gasteiger partial charge is 0.381 e. The fraction of sp³-hybridized carbons (Fsp3) is 0.214. The van der Waals surface area contributed by atoms with Gasteiger partial charge in [0.05, 0.1) is 6.61 Å². The molecule has 0 amide bonds. The molecule has 0 fully saturated rings. The van der Waals surface area contributed by atoms with E-state index < -0.39 is 12.3 Å². The average molecular weight is 283 g/mol. The molecule has 0 aliphatic carbocycles. The van der Waals surface area contributed by atoms with Gasteiger partial charge in [-0.1, -0.05) is 35.9 Å². The highest BCUT2D eigenvalue weighted by Crippen LogP contribution is 2.31. The average Bonchev–Trinajstić information content (AvgIpc) is 2.42. The van der Waals surface area contributed by atoms with E-state index in [9.17, 15) is 9.18 Å². The largest absolute Gasteiger partial charge is 0.461 e. The first-order chi connectivity index (χ1) is 9.13. The van der Waals surface area contributed by atoms with Crippen LogP contribution in [0, 0.1) is 0 Å². The van der Waals surface area contributed by atoms with Crippen molar-refractivity contribution >= 4 is 28.3 Å². The molecule has 0 aromatic heterocycles. The van der Waals surface area contributed by atoms with E-state index in [1.54, 1.807) is 31.2 Å². The number of hydrogen-bond acceptors (Lipinski definition) is 3. The Hall–Kier alpha value is -1.81. The van der Waals surface area contributed by atoms with Gasteiger partial charge in [0.15, 0.2) is 0 Å². The van der Waals surface area contributed by atoms with Gasteiger partial charge in [-0.15, -0.1) is 0 Å². The molecule has 0 aliphatic heterocycles. The summed E-state index contributed by atoms with van der Waals surface area (Å²) in [7, 11) is 0. The minimum atomic E-state index is -2.15. The molecule has 3 nitrogen and oxygen atoms in total. The first-order valence-corrected chi connectivity index (χ1v) is 6.16. The Kier molecular flexibility index (Phi) is 4.22. The van der Waals surface area contributed by atoms with Crippen LogP contribution < -0.4 is 4.74 Å². The predicted molar refractivity (Wildman–Crippen MR) is 71.1 cm³/mol. The number of fused-ring (bicyclic) bond motifs is 1. The van der Waals surface area contributed by atoms with E-state index in [-0.39, 0.29) is 12.4 Å². The van der Waals surface area contributed by atoms with Crippen LogP contribution in [0.5, 0.6) is 5.75 Å². The third kappa shape index (κ3) is 2.96. The standard InChI is InChI=1S/C14H12ClFO3/c1-2-18-14(17)13(16)19-12-8-7-11(15)9-5-3-4-6-10(9)12/h3-8,13H,2H2,1H3. The topological polar surface area (TPSA) is 35.5 Å². The number of hydrogen-bond donors (Lipinski definition) is 0. The summed E-state index contributed by atoms with van der Waals surface area (Å²) in [5.41, 5.74) is 0. The molecule has 19 heavy (non-hydrogen) atoms. The quantitative estimate of drug-likeness (QED) is 0.802. The van der Waals surface area contributed by atoms with Crippen molar-refractivity contribution in [2.75, 3.05) is 6.61 Å². The van der Waals surface area contributed by atoms with Gasteiger partial charge in [-0.25, -0.2) is 4.79 Å². The van der Waals surface area contributed by atoms with Crippen molar-refractivity contribution in [2.24, 2.45) is 0 Å². The maximum Gasteiger partial charge on any atom is 0.381 e. The maximum atomic E-state index is 13.6. The Morgan fingerprint density at radius 3 is 2.63 bits per heavy atom. The van der Waals surface area contributed by atoms with Gasteiger partial charge in [-0.2, -0.15) is 4.39 Å². The van der Waals surface area contributed by atoms with Crippen LogP contribution in [0.2, 0.25) is 5.02 Å². The third-order valence-corrected chi connectivity index (χ3v) is 2.86. The van der Waals surface area contributed by atoms with Gasteiger partial charge in [0, 0.05) is 15.8 Å². The van der Waals surface area contributed by atoms with Gasteiger partial charge in [0.1, 0.15) is 5.75 Å². The number of benzene rings is 2. The summed E-state index contributed by atoms with van der Waals surface area (Å²) in [6, 6.07) is 10.3. The molecule has 1 atom stereocenters. The Morgan fingerprint density at radius 1 is 1.26 bits per heavy atom. The van der Waals surface area contributed by atoms with Crippen LogP contribution >= 0.6 is 11.6 Å². The van der Waals surface area contributed by atoms with E-state index in [0.717, 1.165) is 5.39 Å². The van der Waals surface area contributed by atoms with Gasteiger partial charge in [0.25, 0.3) is 0 Å². The van der Waals surface area contributed by atoms with Crippen LogP contribution in [0.4, 0.5) is 4.39 Å². The lowest BCUT2D eigenvalue weighted by molar-refractivity contribution is -0.159. The molecule has 5 heteroatoms. The van der Waals surface area contributed by atoms with Gasteiger partial charge in [-0.05, 0) is 19.1 Å². The van der Waals surface area contributed by atoms with Gasteiger partial charge in [-0.3, -0.25) is 0 Å². The zero-order valence-corrected chi connectivity index (χ0v) is 11.0. The molecule has 0 saturated heterocycles. The van der Waals surface area contributed by atoms with Crippen LogP contribution in [0.3, 0.4) is 0 Å². The molecule has 0 spiro atoms. The van der Waals surface area contributed by atoms with Crippen molar-refractivity contribution in [3.8, 4) is 5.75 Å². The normalized spacial score (nSPS) is 12.2. The lowest BCUT2D eigenvalue weighted by Crippen LogP contribution is -2.24. The number of alkyl halides is 1. The number of esters is 1. The summed E-state index contributed by atoms with van der Waals surface area (Å²) < 4.78 is 23.1. The van der Waals surface area contributed by atoms with Crippen LogP contribution in [0.25, 0.3) is 10.8 Å². The number of ether oxygens (including phenoxy) is 2. The van der Waals surface area contributed by atoms with Crippen molar-refractivity contribution in [3.63, 3.8) is 0 Å². The predicted octanol–water partition coefficient (Wildman–Crippen LogP) is 3.73. The van der Waals surface area contributed by atoms with E-state index in [1.165, 1.54) is 6.07 Å². The molecule has 2 rings (SSSR count). The minimum absolute atomic E-state index is 0.101. The first-order valence-electron chi connectivity index (χ1n) is 5.78. The minimum Gasteiger partial charge on any atom is -0.461 e. The molecule has 0 radical (unpaired) electrons. The van der Waals surface area contributed by atoms with E-state index in [2.05, 4.69) is 4.74 Å². The molecule has 0 bridgehead atoms. The number of carbonyl (C=O) groups excluding carboxylic acids is 1. The van der Waals surface area contributed by atoms with Gasteiger partial charge in [0.2, 0.25) is 0 Å². The number of halogens is 2. The Labute approximate surface area is 114 Å². The number of rotatable bonds is 4. The second-order valence-electron chi connectivity index (χ2n) is 3.78. The summed E-state index contributed by atoms with van der Waals surface area (Å²) in [6.07, 6.45) is -2.15. The molecule has 0 aliphatic rings. The lowest BCUT2D eigenvalue weighted by Gasteiger charge is -2.13. The van der Waals surface area contributed by atoms with Crippen molar-refractivity contribution < 1.29 is 18.7 Å². The van der Waals surface area contributed by atoms with Crippen molar-refractivity contribution in [3.05, 3.63) is 41.4 Å². The summed E-state index contributed by atoms with van der Waals surface area (Å²) in [5.74, 6) is -0.790. The van der Waals surface area contributed by atoms with Crippen LogP contribution in [-0.2, 0) is 9.53 Å². The summed E-state index contributed by atoms with van der Waals surface area (Å²) in [4.78, 5) is 11.2. The first kappa shape index (κ1) is 13.6. The summed E-state index contributed by atoms with van der Waals surface area (Å²) in [6.45, 7) is 1.70. The molecule has 2 aromatic rings. The molecule has 0 heterocycles. The highest BCUT2D eigenvalue weighted by atomic mass is 35.5. The second kappa shape index (κ2) is 5.89. The SMILES string of the molecule is CCOC(=O)C(F)Oc1ccc(Cl)c2ccccc12.